The zero-order valence-corrected chi connectivity index (χ0v) is 16.7. The van der Waals surface area contributed by atoms with E-state index in [1.807, 2.05) is 51.1 Å². The van der Waals surface area contributed by atoms with Gasteiger partial charge in [0.1, 0.15) is 23.1 Å². The summed E-state index contributed by atoms with van der Waals surface area (Å²) in [6.45, 7) is 6.30. The van der Waals surface area contributed by atoms with Crippen molar-refractivity contribution in [1.29, 1.82) is 0 Å². The Kier molecular flexibility index (Phi) is 4.68. The van der Waals surface area contributed by atoms with E-state index in [9.17, 15) is 9.59 Å². The minimum atomic E-state index is -0.351. The van der Waals surface area contributed by atoms with Crippen LogP contribution in [-0.2, 0) is 11.2 Å². The zero-order valence-electron chi connectivity index (χ0n) is 16.7. The van der Waals surface area contributed by atoms with Crippen molar-refractivity contribution in [2.45, 2.75) is 33.6 Å². The molecule has 0 unspecified atom stereocenters. The number of aromatic amines is 1. The molecule has 0 spiro atoms. The first kappa shape index (κ1) is 18.9. The molecule has 0 aliphatic carbocycles. The van der Waals surface area contributed by atoms with E-state index in [-0.39, 0.29) is 11.4 Å². The molecule has 3 aromatic heterocycles. The summed E-state index contributed by atoms with van der Waals surface area (Å²) in [4.78, 5) is 37.5. The number of fused-ring (bicyclic) bond motifs is 1. The molecule has 3 aromatic rings. The number of nitrogens with one attached hydrogen (secondary N) is 2. The first-order chi connectivity index (χ1) is 13.9. The summed E-state index contributed by atoms with van der Waals surface area (Å²) in [5, 5.41) is 3.89. The normalized spacial score (nSPS) is 15.6. The van der Waals surface area contributed by atoms with Gasteiger partial charge in [-0.25, -0.2) is 19.6 Å². The third-order valence-corrected chi connectivity index (χ3v) is 5.56. The van der Waals surface area contributed by atoms with Crippen LogP contribution in [0.1, 0.15) is 37.1 Å². The van der Waals surface area contributed by atoms with E-state index >= 15 is 0 Å². The molecular formula is C22H23N5O2. The predicted molar refractivity (Wildman–Crippen MR) is 111 cm³/mol. The highest BCUT2D eigenvalue weighted by molar-refractivity contribution is 5.91. The maximum absolute atomic E-state index is 12.6. The SMILES string of the molecule is Cc1nc(NC(=O)N2CCC(C)(C)C2=C=O)ccc1Cc1c[nH]c2ncccc12. The number of pyridine rings is 2. The van der Waals surface area contributed by atoms with Crippen LogP contribution in [-0.4, -0.2) is 38.4 Å². The van der Waals surface area contributed by atoms with Crippen LogP contribution in [0.5, 0.6) is 0 Å². The quantitative estimate of drug-likeness (QED) is 0.666. The highest BCUT2D eigenvalue weighted by atomic mass is 16.2. The number of urea groups is 1. The summed E-state index contributed by atoms with van der Waals surface area (Å²) in [7, 11) is 0. The molecule has 2 N–H and O–H groups in total. The number of aryl methyl sites for hydroxylation is 1. The fourth-order valence-electron chi connectivity index (χ4n) is 3.77. The molecule has 4 heterocycles. The third-order valence-electron chi connectivity index (χ3n) is 5.56. The number of hydrogen-bond donors (Lipinski definition) is 2. The number of anilines is 1. The van der Waals surface area contributed by atoms with Crippen LogP contribution < -0.4 is 5.32 Å². The van der Waals surface area contributed by atoms with Gasteiger partial charge in [0.05, 0.1) is 0 Å². The number of H-pyrrole nitrogens is 1. The first-order valence-corrected chi connectivity index (χ1v) is 9.60. The Morgan fingerprint density at radius 1 is 1.31 bits per heavy atom. The molecule has 4 rings (SSSR count). The van der Waals surface area contributed by atoms with Gasteiger partial charge in [-0.1, -0.05) is 19.9 Å². The standard InChI is InChI=1S/C22H23N5O2/c1-14-15(11-16-12-24-20-17(16)5-4-9-23-20)6-7-19(25-14)26-21(29)27-10-8-22(2,3)18(27)13-28/h4-7,9,12H,8,10-11H2,1-3H3,(H,23,24)(H,25,26,29). The molecule has 0 radical (unpaired) electrons. The second-order valence-electron chi connectivity index (χ2n) is 8.00. The number of aromatic nitrogens is 3. The maximum Gasteiger partial charge on any atom is 0.327 e. The van der Waals surface area contributed by atoms with E-state index in [0.717, 1.165) is 40.7 Å². The van der Waals surface area contributed by atoms with Crippen LogP contribution in [0.4, 0.5) is 10.6 Å². The summed E-state index contributed by atoms with van der Waals surface area (Å²) in [5.41, 5.74) is 3.97. The Bertz CT molecular complexity index is 1140. The number of rotatable bonds is 3. The minimum Gasteiger partial charge on any atom is -0.346 e. The second-order valence-corrected chi connectivity index (χ2v) is 8.00. The van der Waals surface area contributed by atoms with Gasteiger partial charge < -0.3 is 4.98 Å². The molecule has 0 saturated carbocycles. The molecule has 0 atom stereocenters. The largest absolute Gasteiger partial charge is 0.346 e. The zero-order chi connectivity index (χ0) is 20.6. The Balaban J connectivity index is 1.50. The molecule has 0 bridgehead atoms. The molecule has 148 valence electrons. The Morgan fingerprint density at radius 3 is 2.90 bits per heavy atom. The Labute approximate surface area is 168 Å². The van der Waals surface area contributed by atoms with Crippen molar-refractivity contribution >= 4 is 28.8 Å². The molecule has 0 aromatic carbocycles. The van der Waals surface area contributed by atoms with Crippen LogP contribution in [0, 0.1) is 12.3 Å². The van der Waals surface area contributed by atoms with Gasteiger partial charge >= 0.3 is 6.03 Å². The summed E-state index contributed by atoms with van der Waals surface area (Å²) >= 11 is 0. The number of allylic oxidation sites excluding steroid dienone is 1. The van der Waals surface area contributed by atoms with E-state index in [0.29, 0.717) is 18.1 Å². The van der Waals surface area contributed by atoms with Gasteiger partial charge in [0.25, 0.3) is 0 Å². The van der Waals surface area contributed by atoms with Crippen molar-refractivity contribution in [2.24, 2.45) is 5.41 Å². The average molecular weight is 389 g/mol. The molecule has 2 amide bonds. The van der Waals surface area contributed by atoms with Gasteiger partial charge in [0, 0.05) is 41.9 Å². The van der Waals surface area contributed by atoms with Crippen molar-refractivity contribution < 1.29 is 9.59 Å². The number of carbonyl (C=O) groups is 1. The van der Waals surface area contributed by atoms with Gasteiger partial charge in [-0.2, -0.15) is 0 Å². The van der Waals surface area contributed by atoms with E-state index < -0.39 is 0 Å². The molecule has 1 saturated heterocycles. The number of likely N-dealkylation sites (tertiary alicyclic amines) is 1. The minimum absolute atomic E-state index is 0.347. The van der Waals surface area contributed by atoms with Crippen molar-refractivity contribution in [3.05, 3.63) is 59.2 Å². The lowest BCUT2D eigenvalue weighted by Gasteiger charge is -2.21. The third kappa shape index (κ3) is 3.52. The lowest BCUT2D eigenvalue weighted by Crippen LogP contribution is -2.33. The van der Waals surface area contributed by atoms with Crippen molar-refractivity contribution in [2.75, 3.05) is 11.9 Å². The van der Waals surface area contributed by atoms with Gasteiger partial charge in [-0.3, -0.25) is 10.2 Å². The lowest BCUT2D eigenvalue weighted by molar-refractivity contribution is 0.228. The van der Waals surface area contributed by atoms with Crippen molar-refractivity contribution in [3.63, 3.8) is 0 Å². The fraction of sp³-hybridized carbons (Fsp3) is 0.318. The summed E-state index contributed by atoms with van der Waals surface area (Å²) < 4.78 is 0. The fourth-order valence-corrected chi connectivity index (χ4v) is 3.77. The Hall–Kier alpha value is -3.44. The van der Waals surface area contributed by atoms with E-state index in [2.05, 4.69) is 20.3 Å². The molecule has 29 heavy (non-hydrogen) atoms. The van der Waals surface area contributed by atoms with Crippen LogP contribution in [0.25, 0.3) is 11.0 Å². The summed E-state index contributed by atoms with van der Waals surface area (Å²) in [6.07, 6.45) is 5.18. The summed E-state index contributed by atoms with van der Waals surface area (Å²) in [5.74, 6) is 2.40. The number of hydrogen-bond acceptors (Lipinski definition) is 4. The number of amides is 2. The average Bonchev–Trinajstić information content (AvgIpc) is 3.23. The Morgan fingerprint density at radius 2 is 2.14 bits per heavy atom. The van der Waals surface area contributed by atoms with Gasteiger partial charge in [-0.05, 0) is 42.7 Å². The molecule has 7 nitrogen and oxygen atoms in total. The van der Waals surface area contributed by atoms with E-state index in [4.69, 9.17) is 0 Å². The molecule has 1 fully saturated rings. The van der Waals surface area contributed by atoms with Crippen LogP contribution >= 0.6 is 0 Å². The van der Waals surface area contributed by atoms with Gasteiger partial charge in [-0.15, -0.1) is 0 Å². The van der Waals surface area contributed by atoms with E-state index in [1.54, 1.807) is 12.3 Å². The van der Waals surface area contributed by atoms with Crippen molar-refractivity contribution in [1.82, 2.24) is 19.9 Å². The highest BCUT2D eigenvalue weighted by Gasteiger charge is 2.39. The topological polar surface area (TPSA) is 91.0 Å². The molecule has 1 aliphatic heterocycles. The predicted octanol–water partition coefficient (Wildman–Crippen LogP) is 3.84. The highest BCUT2D eigenvalue weighted by Crippen LogP contribution is 2.38. The van der Waals surface area contributed by atoms with Crippen LogP contribution in [0.15, 0.2) is 42.4 Å². The summed E-state index contributed by atoms with van der Waals surface area (Å²) in [6, 6.07) is 7.37. The second kappa shape index (κ2) is 7.18. The van der Waals surface area contributed by atoms with Gasteiger partial charge in [0.2, 0.25) is 0 Å². The molecule has 7 heteroatoms. The van der Waals surface area contributed by atoms with Crippen molar-refractivity contribution in [3.8, 4) is 0 Å². The lowest BCUT2D eigenvalue weighted by atomic mass is 9.90. The van der Waals surface area contributed by atoms with Crippen LogP contribution in [0.3, 0.4) is 0 Å². The molecule has 1 aliphatic rings. The molecular weight excluding hydrogens is 366 g/mol. The van der Waals surface area contributed by atoms with E-state index in [1.165, 1.54) is 4.90 Å². The monoisotopic (exact) mass is 389 g/mol. The van der Waals surface area contributed by atoms with Gasteiger partial charge in [0.15, 0.2) is 0 Å². The number of nitrogens with zero attached hydrogens (tertiary/aromatic N) is 3. The number of carbonyl (C=O) groups excluding carboxylic acids is 2. The van der Waals surface area contributed by atoms with Crippen LogP contribution in [0.2, 0.25) is 0 Å². The maximum atomic E-state index is 12.6. The smallest absolute Gasteiger partial charge is 0.327 e. The first-order valence-electron chi connectivity index (χ1n) is 9.60.